The average Bonchev–Trinajstić information content (AvgIpc) is 3.20. The van der Waals surface area contributed by atoms with Gasteiger partial charge in [-0.2, -0.15) is 0 Å². The minimum Gasteiger partial charge on any atom is -0.367 e. The third kappa shape index (κ3) is 7.42. The van der Waals surface area contributed by atoms with E-state index in [1.54, 1.807) is 0 Å². The molecular weight excluding hydrogens is 513 g/mol. The van der Waals surface area contributed by atoms with E-state index in [0.717, 1.165) is 70.8 Å². The highest BCUT2D eigenvalue weighted by Crippen LogP contribution is 2.24. The molecule has 2 atom stereocenters. The number of nitrogens with one attached hydrogen (secondary N) is 2. The van der Waals surface area contributed by atoms with Crippen molar-refractivity contribution in [2.45, 2.75) is 39.3 Å². The van der Waals surface area contributed by atoms with Gasteiger partial charge in [0.25, 0.3) is 0 Å². The zero-order chi connectivity index (χ0) is 21.5. The van der Waals surface area contributed by atoms with Crippen LogP contribution in [0.15, 0.2) is 23.2 Å². The van der Waals surface area contributed by atoms with Gasteiger partial charge in [-0.3, -0.25) is 9.89 Å². The van der Waals surface area contributed by atoms with Crippen LogP contribution < -0.4 is 15.5 Å². The molecule has 2 aliphatic heterocycles. The Morgan fingerprint density at radius 1 is 1.16 bits per heavy atom. The first-order valence-corrected chi connectivity index (χ1v) is 11.2. The lowest BCUT2D eigenvalue weighted by Gasteiger charge is -2.37. The number of benzene rings is 1. The van der Waals surface area contributed by atoms with Crippen molar-refractivity contribution in [1.82, 2.24) is 20.4 Å². The Bertz CT molecular complexity index is 711. The Labute approximate surface area is 202 Å². The van der Waals surface area contributed by atoms with Crippen molar-refractivity contribution in [2.24, 2.45) is 4.99 Å². The zero-order valence-corrected chi connectivity index (χ0v) is 21.2. The van der Waals surface area contributed by atoms with Crippen molar-refractivity contribution in [2.75, 3.05) is 63.8 Å². The van der Waals surface area contributed by atoms with Crippen LogP contribution in [-0.2, 0) is 0 Å². The molecule has 0 bridgehead atoms. The molecule has 3 rings (SSSR count). The van der Waals surface area contributed by atoms with Crippen molar-refractivity contribution in [3.8, 4) is 0 Å². The van der Waals surface area contributed by atoms with E-state index in [0.29, 0.717) is 18.3 Å². The third-order valence-corrected chi connectivity index (χ3v) is 6.11. The van der Waals surface area contributed by atoms with Gasteiger partial charge in [-0.15, -0.1) is 24.0 Å². The fourth-order valence-electron chi connectivity index (χ4n) is 4.21. The number of piperazine rings is 1. The quantitative estimate of drug-likeness (QED) is 0.311. The Morgan fingerprint density at radius 2 is 1.90 bits per heavy atom. The molecule has 2 heterocycles. The highest BCUT2D eigenvalue weighted by atomic mass is 127. The van der Waals surface area contributed by atoms with E-state index in [2.05, 4.69) is 41.2 Å². The number of aliphatic imine (C=N–C) groups is 1. The number of guanidine groups is 1. The molecule has 9 heteroatoms. The maximum Gasteiger partial charge on any atom is 0.191 e. The first-order valence-electron chi connectivity index (χ1n) is 11.2. The molecule has 1 aromatic carbocycles. The zero-order valence-electron chi connectivity index (χ0n) is 18.9. The first kappa shape index (κ1) is 26.1. The summed E-state index contributed by atoms with van der Waals surface area (Å²) in [4.78, 5) is 11.8. The highest BCUT2D eigenvalue weighted by molar-refractivity contribution is 14.0. The monoisotopic (exact) mass is 550 g/mol. The molecule has 0 saturated carbocycles. The summed E-state index contributed by atoms with van der Waals surface area (Å²) in [7, 11) is 0. The number of hydrogen-bond acceptors (Lipinski definition) is 4. The van der Waals surface area contributed by atoms with Crippen LogP contribution in [0, 0.1) is 11.6 Å². The summed E-state index contributed by atoms with van der Waals surface area (Å²) in [5.41, 5.74) is 0.461. The van der Waals surface area contributed by atoms with Crippen LogP contribution in [-0.4, -0.2) is 86.7 Å². The van der Waals surface area contributed by atoms with Crippen LogP contribution in [0.25, 0.3) is 0 Å². The molecule has 176 valence electrons. The van der Waals surface area contributed by atoms with Crippen LogP contribution in [0.1, 0.15) is 27.2 Å². The SMILES string of the molecule is CCNC(=NCC(C)N1CCN(CC)CC1)NC1CCN(c2ccc(F)cc2F)C1.I. The lowest BCUT2D eigenvalue weighted by molar-refractivity contribution is 0.109. The summed E-state index contributed by atoms with van der Waals surface area (Å²) in [5, 5.41) is 6.82. The van der Waals surface area contributed by atoms with Crippen molar-refractivity contribution in [1.29, 1.82) is 0 Å². The normalized spacial score (nSPS) is 21.6. The van der Waals surface area contributed by atoms with E-state index in [4.69, 9.17) is 4.99 Å². The van der Waals surface area contributed by atoms with Crippen molar-refractivity contribution in [3.05, 3.63) is 29.8 Å². The van der Waals surface area contributed by atoms with E-state index in [9.17, 15) is 8.78 Å². The molecule has 2 N–H and O–H groups in total. The molecule has 31 heavy (non-hydrogen) atoms. The predicted octanol–water partition coefficient (Wildman–Crippen LogP) is 2.74. The second-order valence-corrected chi connectivity index (χ2v) is 8.21. The molecule has 2 saturated heterocycles. The van der Waals surface area contributed by atoms with Crippen LogP contribution in [0.2, 0.25) is 0 Å². The van der Waals surface area contributed by atoms with Crippen LogP contribution in [0.4, 0.5) is 14.5 Å². The molecule has 0 radical (unpaired) electrons. The molecule has 2 aliphatic rings. The molecule has 1 aromatic rings. The number of nitrogens with zero attached hydrogens (tertiary/aromatic N) is 4. The molecule has 0 aromatic heterocycles. The number of halogens is 3. The maximum atomic E-state index is 14.1. The molecule has 2 unspecified atom stereocenters. The van der Waals surface area contributed by atoms with Gasteiger partial charge in [0.2, 0.25) is 0 Å². The lowest BCUT2D eigenvalue weighted by Crippen LogP contribution is -2.50. The van der Waals surface area contributed by atoms with Gasteiger partial charge in [-0.05, 0) is 38.9 Å². The summed E-state index contributed by atoms with van der Waals surface area (Å²) in [5.74, 6) is -0.242. The van der Waals surface area contributed by atoms with Gasteiger partial charge in [-0.25, -0.2) is 8.78 Å². The fraction of sp³-hybridized carbons (Fsp3) is 0.682. The highest BCUT2D eigenvalue weighted by Gasteiger charge is 2.26. The Kier molecular flexibility index (Phi) is 10.7. The van der Waals surface area contributed by atoms with Gasteiger partial charge in [-0.1, -0.05) is 6.92 Å². The van der Waals surface area contributed by atoms with E-state index < -0.39 is 11.6 Å². The Hall–Kier alpha value is -1.20. The minimum atomic E-state index is -0.545. The standard InChI is InChI=1S/C22H36F2N6.HI/c1-4-25-22(26-15-17(3)29-12-10-28(5-2)11-13-29)27-19-8-9-30(16-19)21-7-6-18(23)14-20(21)24;/h6-7,14,17,19H,4-5,8-13,15-16H2,1-3H3,(H2,25,26,27);1H. The molecule has 6 nitrogen and oxygen atoms in total. The summed E-state index contributed by atoms with van der Waals surface area (Å²) in [6.45, 7) is 15.0. The fourth-order valence-corrected chi connectivity index (χ4v) is 4.21. The number of anilines is 1. The second kappa shape index (κ2) is 12.7. The molecule has 0 aliphatic carbocycles. The van der Waals surface area contributed by atoms with Gasteiger partial charge < -0.3 is 20.4 Å². The van der Waals surface area contributed by atoms with Crippen molar-refractivity contribution in [3.63, 3.8) is 0 Å². The van der Waals surface area contributed by atoms with Gasteiger partial charge in [0.05, 0.1) is 12.2 Å². The number of hydrogen-bond donors (Lipinski definition) is 2. The van der Waals surface area contributed by atoms with Crippen LogP contribution in [0.5, 0.6) is 0 Å². The van der Waals surface area contributed by atoms with Crippen LogP contribution >= 0.6 is 24.0 Å². The Balaban J connectivity index is 0.00000341. The summed E-state index contributed by atoms with van der Waals surface area (Å²) in [6.07, 6.45) is 0.885. The number of likely N-dealkylation sites (N-methyl/N-ethyl adjacent to an activating group) is 1. The molecular formula is C22H37F2IN6. The topological polar surface area (TPSA) is 46.1 Å². The summed E-state index contributed by atoms with van der Waals surface area (Å²) in [6, 6.07) is 4.35. The van der Waals surface area contributed by atoms with Gasteiger partial charge in [0.15, 0.2) is 5.96 Å². The smallest absolute Gasteiger partial charge is 0.191 e. The molecule has 0 amide bonds. The second-order valence-electron chi connectivity index (χ2n) is 8.21. The van der Waals surface area contributed by atoms with Crippen molar-refractivity contribution < 1.29 is 8.78 Å². The van der Waals surface area contributed by atoms with E-state index in [-0.39, 0.29) is 30.0 Å². The molecule has 2 fully saturated rings. The minimum absolute atomic E-state index is 0. The van der Waals surface area contributed by atoms with Crippen LogP contribution in [0.3, 0.4) is 0 Å². The van der Waals surface area contributed by atoms with Gasteiger partial charge in [0, 0.05) is 64.0 Å². The predicted molar refractivity (Wildman–Crippen MR) is 135 cm³/mol. The largest absolute Gasteiger partial charge is 0.367 e. The summed E-state index contributed by atoms with van der Waals surface area (Å²) < 4.78 is 27.3. The number of rotatable bonds is 7. The lowest BCUT2D eigenvalue weighted by atomic mass is 10.2. The van der Waals surface area contributed by atoms with E-state index in [1.807, 2.05) is 4.90 Å². The maximum absolute atomic E-state index is 14.1. The average molecular weight is 550 g/mol. The van der Waals surface area contributed by atoms with E-state index in [1.165, 1.54) is 12.1 Å². The van der Waals surface area contributed by atoms with Gasteiger partial charge >= 0.3 is 0 Å². The third-order valence-electron chi connectivity index (χ3n) is 6.11. The van der Waals surface area contributed by atoms with Crippen molar-refractivity contribution >= 4 is 35.6 Å². The molecule has 0 spiro atoms. The Morgan fingerprint density at radius 3 is 2.55 bits per heavy atom. The summed E-state index contributed by atoms with van der Waals surface area (Å²) >= 11 is 0. The van der Waals surface area contributed by atoms with Gasteiger partial charge in [0.1, 0.15) is 11.6 Å². The first-order chi connectivity index (χ1) is 14.5. The van der Waals surface area contributed by atoms with E-state index >= 15 is 0 Å².